The fraction of sp³-hybridized carbons (Fsp3) is 0.125. The quantitative estimate of drug-likeness (QED) is 0.418. The molecular formula is C24H20F2N2. The SMILES string of the molecule is Cc1cccc(Cn2nc(-c3ccc(F)cc3)c(C)c2-c2ccc(F)cc2)c1. The topological polar surface area (TPSA) is 17.8 Å². The number of hydrogen-bond donors (Lipinski definition) is 0. The van der Waals surface area contributed by atoms with E-state index in [4.69, 9.17) is 5.10 Å². The lowest BCUT2D eigenvalue weighted by Crippen LogP contribution is -2.04. The normalized spacial score (nSPS) is 11.0. The Labute approximate surface area is 163 Å². The molecule has 1 aromatic heterocycles. The molecule has 4 heteroatoms. The molecule has 4 aromatic rings. The molecule has 0 amide bonds. The van der Waals surface area contributed by atoms with Crippen molar-refractivity contribution in [2.45, 2.75) is 20.4 Å². The Kier molecular flexibility index (Phi) is 4.78. The number of halogens is 2. The van der Waals surface area contributed by atoms with Crippen LogP contribution >= 0.6 is 0 Å². The summed E-state index contributed by atoms with van der Waals surface area (Å²) in [7, 11) is 0. The number of aromatic nitrogens is 2. The first-order chi connectivity index (χ1) is 13.5. The monoisotopic (exact) mass is 374 g/mol. The van der Waals surface area contributed by atoms with Gasteiger partial charge in [0.2, 0.25) is 0 Å². The van der Waals surface area contributed by atoms with E-state index in [0.717, 1.165) is 33.6 Å². The minimum Gasteiger partial charge on any atom is -0.260 e. The summed E-state index contributed by atoms with van der Waals surface area (Å²) < 4.78 is 28.7. The minimum absolute atomic E-state index is 0.273. The first-order valence-corrected chi connectivity index (χ1v) is 9.16. The zero-order chi connectivity index (χ0) is 19.7. The van der Waals surface area contributed by atoms with Gasteiger partial charge in [0.05, 0.1) is 17.9 Å². The van der Waals surface area contributed by atoms with Crippen molar-refractivity contribution in [3.63, 3.8) is 0 Å². The smallest absolute Gasteiger partial charge is 0.123 e. The van der Waals surface area contributed by atoms with E-state index in [2.05, 4.69) is 25.1 Å². The summed E-state index contributed by atoms with van der Waals surface area (Å²) in [6.45, 7) is 4.65. The molecular weight excluding hydrogens is 354 g/mol. The van der Waals surface area contributed by atoms with Gasteiger partial charge in [-0.2, -0.15) is 5.10 Å². The van der Waals surface area contributed by atoms with Gasteiger partial charge in [0.1, 0.15) is 11.6 Å². The first kappa shape index (κ1) is 18.1. The van der Waals surface area contributed by atoms with Crippen molar-refractivity contribution >= 4 is 0 Å². The number of rotatable bonds is 4. The molecule has 0 spiro atoms. The maximum Gasteiger partial charge on any atom is 0.123 e. The Balaban J connectivity index is 1.86. The van der Waals surface area contributed by atoms with Crippen LogP contribution in [0.3, 0.4) is 0 Å². The molecule has 0 unspecified atom stereocenters. The molecule has 0 fully saturated rings. The summed E-state index contributed by atoms with van der Waals surface area (Å²) in [5.41, 5.74) is 6.77. The van der Waals surface area contributed by atoms with Gasteiger partial charge in [-0.25, -0.2) is 8.78 Å². The Hall–Kier alpha value is -3.27. The Morgan fingerprint density at radius 3 is 2.00 bits per heavy atom. The maximum atomic E-state index is 13.4. The molecule has 140 valence electrons. The van der Waals surface area contributed by atoms with Gasteiger partial charge < -0.3 is 0 Å². The van der Waals surface area contributed by atoms with Gasteiger partial charge in [0.25, 0.3) is 0 Å². The van der Waals surface area contributed by atoms with E-state index < -0.39 is 0 Å². The molecule has 0 atom stereocenters. The number of nitrogens with zero attached hydrogens (tertiary/aromatic N) is 2. The van der Waals surface area contributed by atoms with Gasteiger partial charge >= 0.3 is 0 Å². The van der Waals surface area contributed by atoms with E-state index in [-0.39, 0.29) is 11.6 Å². The molecule has 0 aliphatic rings. The van der Waals surface area contributed by atoms with Crippen LogP contribution in [0.15, 0.2) is 72.8 Å². The highest BCUT2D eigenvalue weighted by molar-refractivity contribution is 5.74. The standard InChI is InChI=1S/C24H20F2N2/c1-16-4-3-5-18(14-16)15-28-24(20-8-12-22(26)13-9-20)17(2)23(27-28)19-6-10-21(25)11-7-19/h3-14H,15H2,1-2H3. The Bertz CT molecular complexity index is 1110. The van der Waals surface area contributed by atoms with Crippen LogP contribution in [0.25, 0.3) is 22.5 Å². The van der Waals surface area contributed by atoms with Crippen LogP contribution in [0.1, 0.15) is 16.7 Å². The molecule has 0 aliphatic carbocycles. The summed E-state index contributed by atoms with van der Waals surface area (Å²) >= 11 is 0. The first-order valence-electron chi connectivity index (χ1n) is 9.16. The highest BCUT2D eigenvalue weighted by Gasteiger charge is 2.18. The van der Waals surface area contributed by atoms with Gasteiger partial charge in [0.15, 0.2) is 0 Å². The molecule has 0 radical (unpaired) electrons. The minimum atomic E-state index is -0.278. The van der Waals surface area contributed by atoms with Crippen molar-refractivity contribution in [2.24, 2.45) is 0 Å². The predicted octanol–water partition coefficient (Wildman–Crippen LogP) is 6.16. The van der Waals surface area contributed by atoms with E-state index in [9.17, 15) is 8.78 Å². The van der Waals surface area contributed by atoms with Crippen LogP contribution < -0.4 is 0 Å². The fourth-order valence-electron chi connectivity index (χ4n) is 3.50. The molecule has 2 nitrogen and oxygen atoms in total. The van der Waals surface area contributed by atoms with Crippen LogP contribution in [-0.2, 0) is 6.54 Å². The van der Waals surface area contributed by atoms with Gasteiger partial charge in [-0.1, -0.05) is 29.8 Å². The van der Waals surface area contributed by atoms with Crippen LogP contribution in [0, 0.1) is 25.5 Å². The van der Waals surface area contributed by atoms with Crippen LogP contribution in [0.4, 0.5) is 8.78 Å². The highest BCUT2D eigenvalue weighted by atomic mass is 19.1. The number of hydrogen-bond acceptors (Lipinski definition) is 1. The number of aryl methyl sites for hydroxylation is 1. The lowest BCUT2D eigenvalue weighted by Gasteiger charge is -2.09. The van der Waals surface area contributed by atoms with Crippen LogP contribution in [-0.4, -0.2) is 9.78 Å². The maximum absolute atomic E-state index is 13.4. The second-order valence-electron chi connectivity index (χ2n) is 6.98. The van der Waals surface area contributed by atoms with Crippen molar-refractivity contribution in [1.29, 1.82) is 0 Å². The third-order valence-corrected chi connectivity index (χ3v) is 4.84. The highest BCUT2D eigenvalue weighted by Crippen LogP contribution is 2.32. The summed E-state index contributed by atoms with van der Waals surface area (Å²) in [4.78, 5) is 0. The van der Waals surface area contributed by atoms with Crippen molar-refractivity contribution in [1.82, 2.24) is 9.78 Å². The van der Waals surface area contributed by atoms with Crippen LogP contribution in [0.5, 0.6) is 0 Å². The summed E-state index contributed by atoms with van der Waals surface area (Å²) in [5, 5.41) is 4.83. The summed E-state index contributed by atoms with van der Waals surface area (Å²) in [6.07, 6.45) is 0. The molecule has 0 saturated heterocycles. The third-order valence-electron chi connectivity index (χ3n) is 4.84. The zero-order valence-corrected chi connectivity index (χ0v) is 15.8. The molecule has 4 rings (SSSR count). The molecule has 1 heterocycles. The Morgan fingerprint density at radius 1 is 0.786 bits per heavy atom. The summed E-state index contributed by atoms with van der Waals surface area (Å²) in [5.74, 6) is -0.552. The zero-order valence-electron chi connectivity index (χ0n) is 15.8. The Morgan fingerprint density at radius 2 is 1.39 bits per heavy atom. The molecule has 3 aromatic carbocycles. The van der Waals surface area contributed by atoms with Crippen molar-refractivity contribution in [2.75, 3.05) is 0 Å². The second kappa shape index (κ2) is 7.39. The van der Waals surface area contributed by atoms with Gasteiger partial charge in [-0.3, -0.25) is 4.68 Å². The second-order valence-corrected chi connectivity index (χ2v) is 6.98. The average Bonchev–Trinajstić information content (AvgIpc) is 2.99. The predicted molar refractivity (Wildman–Crippen MR) is 108 cm³/mol. The average molecular weight is 374 g/mol. The van der Waals surface area contributed by atoms with Crippen molar-refractivity contribution in [3.8, 4) is 22.5 Å². The molecule has 0 N–H and O–H groups in total. The van der Waals surface area contributed by atoms with E-state index in [1.807, 2.05) is 17.7 Å². The molecule has 28 heavy (non-hydrogen) atoms. The van der Waals surface area contributed by atoms with Gasteiger partial charge in [-0.15, -0.1) is 0 Å². The summed E-state index contributed by atoms with van der Waals surface area (Å²) in [6, 6.07) is 21.1. The lowest BCUT2D eigenvalue weighted by atomic mass is 10.0. The van der Waals surface area contributed by atoms with Crippen LogP contribution in [0.2, 0.25) is 0 Å². The molecule has 0 bridgehead atoms. The van der Waals surface area contributed by atoms with E-state index in [1.165, 1.54) is 29.8 Å². The van der Waals surface area contributed by atoms with Gasteiger partial charge in [-0.05, 0) is 67.9 Å². The largest absolute Gasteiger partial charge is 0.260 e. The van der Waals surface area contributed by atoms with E-state index in [1.54, 1.807) is 24.3 Å². The van der Waals surface area contributed by atoms with E-state index in [0.29, 0.717) is 6.54 Å². The van der Waals surface area contributed by atoms with Gasteiger partial charge in [0, 0.05) is 16.7 Å². The van der Waals surface area contributed by atoms with Crippen molar-refractivity contribution in [3.05, 3.63) is 101 Å². The molecule has 0 saturated carbocycles. The number of benzene rings is 3. The van der Waals surface area contributed by atoms with Crippen molar-refractivity contribution < 1.29 is 8.78 Å². The fourth-order valence-corrected chi connectivity index (χ4v) is 3.50. The molecule has 0 aliphatic heterocycles. The van der Waals surface area contributed by atoms with E-state index >= 15 is 0 Å². The lowest BCUT2D eigenvalue weighted by molar-refractivity contribution is 0.627. The third kappa shape index (κ3) is 3.58.